The van der Waals surface area contributed by atoms with Gasteiger partial charge >= 0.3 is 12.1 Å². The van der Waals surface area contributed by atoms with Crippen LogP contribution >= 0.6 is 11.3 Å². The fourth-order valence-electron chi connectivity index (χ4n) is 5.01. The molecule has 5 rings (SSSR count). The highest BCUT2D eigenvalue weighted by atomic mass is 32.1. The molecule has 11 heteroatoms. The van der Waals surface area contributed by atoms with Crippen molar-refractivity contribution in [2.24, 2.45) is 5.92 Å². The molecule has 0 fully saturated rings. The van der Waals surface area contributed by atoms with Crippen molar-refractivity contribution in [2.45, 2.75) is 57.8 Å². The number of anilines is 2. The molecule has 37 heavy (non-hydrogen) atoms. The van der Waals surface area contributed by atoms with Crippen LogP contribution < -0.4 is 10.6 Å². The minimum absolute atomic E-state index is 0.109. The van der Waals surface area contributed by atoms with E-state index in [2.05, 4.69) is 22.7 Å². The monoisotopic (exact) mass is 532 g/mol. The predicted molar refractivity (Wildman–Crippen MR) is 134 cm³/mol. The van der Waals surface area contributed by atoms with Crippen LogP contribution in [0.2, 0.25) is 0 Å². The molecular formula is C26H27F3N4O3S. The van der Waals surface area contributed by atoms with Crippen LogP contribution in [0.1, 0.15) is 75.6 Å². The number of hydrogen-bond acceptors (Lipinski definition) is 6. The van der Waals surface area contributed by atoms with E-state index in [0.29, 0.717) is 28.5 Å². The number of amides is 1. The lowest BCUT2D eigenvalue weighted by molar-refractivity contribution is -0.173. The molecule has 2 N–H and O–H groups in total. The van der Waals surface area contributed by atoms with Gasteiger partial charge in [-0.2, -0.15) is 18.3 Å². The number of esters is 1. The number of thiophene rings is 1. The van der Waals surface area contributed by atoms with Crippen molar-refractivity contribution >= 4 is 34.0 Å². The predicted octanol–water partition coefficient (Wildman–Crippen LogP) is 6.16. The molecule has 7 nitrogen and oxygen atoms in total. The largest absolute Gasteiger partial charge is 0.462 e. The van der Waals surface area contributed by atoms with E-state index in [1.165, 1.54) is 17.4 Å². The first-order chi connectivity index (χ1) is 17.7. The number of aromatic nitrogens is 2. The third-order valence-electron chi connectivity index (χ3n) is 6.84. The Morgan fingerprint density at radius 2 is 2.03 bits per heavy atom. The van der Waals surface area contributed by atoms with E-state index in [-0.39, 0.29) is 24.5 Å². The summed E-state index contributed by atoms with van der Waals surface area (Å²) in [6.07, 6.45) is -2.40. The van der Waals surface area contributed by atoms with Gasteiger partial charge < -0.3 is 15.4 Å². The van der Waals surface area contributed by atoms with Gasteiger partial charge in [-0.1, -0.05) is 37.3 Å². The van der Waals surface area contributed by atoms with Gasteiger partial charge in [-0.15, -0.1) is 11.3 Å². The molecule has 3 aromatic rings. The summed E-state index contributed by atoms with van der Waals surface area (Å²) in [5.41, 5.74) is 1.76. The van der Waals surface area contributed by atoms with Gasteiger partial charge in [0.15, 0.2) is 11.7 Å². The lowest BCUT2D eigenvalue weighted by atomic mass is 9.88. The molecular weight excluding hydrogens is 505 g/mol. The van der Waals surface area contributed by atoms with Gasteiger partial charge in [0, 0.05) is 17.4 Å². The maximum absolute atomic E-state index is 14.0. The van der Waals surface area contributed by atoms with Gasteiger partial charge in [-0.05, 0) is 43.2 Å². The van der Waals surface area contributed by atoms with Crippen molar-refractivity contribution in [3.63, 3.8) is 0 Å². The third kappa shape index (κ3) is 4.96. The standard InChI is InChI=1S/C26H27F3N4O3S/c1-3-36-25(35)22-16-10-9-14(2)11-19(16)37-24(22)31-23(34)18-13-21-30-17(15-7-5-4-6-8-15)12-20(26(27,28)29)33(21)32-18/h4-8,13-14,17,20,30H,3,9-12H2,1-2H3,(H,31,34)/t14-,17+,20+/m1/s1. The maximum atomic E-state index is 14.0. The summed E-state index contributed by atoms with van der Waals surface area (Å²) >= 11 is 1.32. The van der Waals surface area contributed by atoms with Crippen molar-refractivity contribution in [3.05, 3.63) is 63.7 Å². The minimum Gasteiger partial charge on any atom is -0.462 e. The molecule has 1 aliphatic carbocycles. The van der Waals surface area contributed by atoms with Gasteiger partial charge in [0.05, 0.1) is 18.2 Å². The molecule has 0 radical (unpaired) electrons. The molecule has 2 aliphatic rings. The SMILES string of the molecule is CCOC(=O)c1c(NC(=O)c2cc3n(n2)[C@H](C(F)(F)F)C[C@@H](c2ccccc2)N3)sc2c1CC[C@@H](C)C2. The average Bonchev–Trinajstić information content (AvgIpc) is 3.44. The fourth-order valence-corrected chi connectivity index (χ4v) is 6.41. The first-order valence-electron chi connectivity index (χ1n) is 12.3. The van der Waals surface area contributed by atoms with Crippen LogP contribution in [0, 0.1) is 5.92 Å². The highest BCUT2D eigenvalue weighted by Crippen LogP contribution is 2.44. The summed E-state index contributed by atoms with van der Waals surface area (Å²) in [5.74, 6) is -0.637. The van der Waals surface area contributed by atoms with Crippen molar-refractivity contribution in [1.29, 1.82) is 0 Å². The van der Waals surface area contributed by atoms with Gasteiger partial charge in [-0.25, -0.2) is 9.48 Å². The number of carbonyl (C=O) groups excluding carboxylic acids is 2. The number of benzene rings is 1. The Labute approximate surface area is 216 Å². The Bertz CT molecular complexity index is 1320. The zero-order valence-corrected chi connectivity index (χ0v) is 21.2. The summed E-state index contributed by atoms with van der Waals surface area (Å²) in [5, 5.41) is 10.2. The van der Waals surface area contributed by atoms with E-state index in [1.807, 2.05) is 0 Å². The quantitative estimate of drug-likeness (QED) is 0.385. The van der Waals surface area contributed by atoms with Crippen LogP contribution in [0.3, 0.4) is 0 Å². The van der Waals surface area contributed by atoms with E-state index < -0.39 is 30.1 Å². The highest BCUT2D eigenvalue weighted by Gasteiger charge is 2.47. The number of carbonyl (C=O) groups is 2. The second-order valence-corrected chi connectivity index (χ2v) is 10.6. The van der Waals surface area contributed by atoms with E-state index in [1.54, 1.807) is 37.3 Å². The maximum Gasteiger partial charge on any atom is 0.410 e. The number of ether oxygens (including phenoxy) is 1. The molecule has 0 spiro atoms. The summed E-state index contributed by atoms with van der Waals surface area (Å²) in [6, 6.07) is 7.72. The Hall–Kier alpha value is -3.34. The van der Waals surface area contributed by atoms with Crippen LogP contribution in [0.4, 0.5) is 24.0 Å². The topological polar surface area (TPSA) is 85.2 Å². The van der Waals surface area contributed by atoms with E-state index in [0.717, 1.165) is 28.0 Å². The molecule has 0 saturated carbocycles. The average molecular weight is 533 g/mol. The molecule has 2 aromatic heterocycles. The van der Waals surface area contributed by atoms with Gasteiger partial charge in [0.25, 0.3) is 5.91 Å². The number of hydrogen-bond donors (Lipinski definition) is 2. The van der Waals surface area contributed by atoms with Crippen LogP contribution in [0.5, 0.6) is 0 Å². The Kier molecular flexibility index (Phi) is 6.74. The fraction of sp³-hybridized carbons (Fsp3) is 0.423. The number of alkyl halides is 3. The van der Waals surface area contributed by atoms with Gasteiger partial charge in [0.1, 0.15) is 10.8 Å². The van der Waals surface area contributed by atoms with E-state index >= 15 is 0 Å². The van der Waals surface area contributed by atoms with Crippen LogP contribution in [-0.4, -0.2) is 34.4 Å². The lowest BCUT2D eigenvalue weighted by Crippen LogP contribution is -2.35. The first-order valence-corrected chi connectivity index (χ1v) is 13.1. The Morgan fingerprint density at radius 1 is 1.27 bits per heavy atom. The zero-order valence-electron chi connectivity index (χ0n) is 20.4. The second kappa shape index (κ2) is 9.85. The van der Waals surface area contributed by atoms with Crippen LogP contribution in [0.25, 0.3) is 0 Å². The Balaban J connectivity index is 1.46. The lowest BCUT2D eigenvalue weighted by Gasteiger charge is -2.33. The Morgan fingerprint density at radius 3 is 2.73 bits per heavy atom. The van der Waals surface area contributed by atoms with Gasteiger partial charge in [0.2, 0.25) is 0 Å². The van der Waals surface area contributed by atoms with Crippen molar-refractivity contribution in [2.75, 3.05) is 17.2 Å². The van der Waals surface area contributed by atoms with Crippen LogP contribution in [-0.2, 0) is 17.6 Å². The molecule has 0 saturated heterocycles. The minimum atomic E-state index is -4.55. The summed E-state index contributed by atoms with van der Waals surface area (Å²) in [4.78, 5) is 27.0. The number of nitrogens with one attached hydrogen (secondary N) is 2. The third-order valence-corrected chi connectivity index (χ3v) is 8.01. The van der Waals surface area contributed by atoms with Crippen LogP contribution in [0.15, 0.2) is 36.4 Å². The molecule has 0 bridgehead atoms. The molecule has 1 aromatic carbocycles. The first kappa shape index (κ1) is 25.3. The zero-order chi connectivity index (χ0) is 26.3. The molecule has 1 amide bonds. The van der Waals surface area contributed by atoms with E-state index in [9.17, 15) is 22.8 Å². The summed E-state index contributed by atoms with van der Waals surface area (Å²) < 4.78 is 48.1. The van der Waals surface area contributed by atoms with Crippen molar-refractivity contribution in [3.8, 4) is 0 Å². The van der Waals surface area contributed by atoms with Crippen molar-refractivity contribution < 1.29 is 27.5 Å². The molecule has 196 valence electrons. The number of nitrogens with zero attached hydrogens (tertiary/aromatic N) is 2. The summed E-state index contributed by atoms with van der Waals surface area (Å²) in [7, 11) is 0. The van der Waals surface area contributed by atoms with Gasteiger partial charge in [-0.3, -0.25) is 4.79 Å². The number of halogens is 3. The number of rotatable bonds is 5. The van der Waals surface area contributed by atoms with E-state index in [4.69, 9.17) is 4.74 Å². The molecule has 3 atom stereocenters. The van der Waals surface area contributed by atoms with Crippen molar-refractivity contribution in [1.82, 2.24) is 9.78 Å². The number of fused-ring (bicyclic) bond motifs is 2. The smallest absolute Gasteiger partial charge is 0.410 e. The highest BCUT2D eigenvalue weighted by molar-refractivity contribution is 7.17. The molecule has 1 aliphatic heterocycles. The summed E-state index contributed by atoms with van der Waals surface area (Å²) in [6.45, 7) is 4.03. The molecule has 3 heterocycles. The second-order valence-electron chi connectivity index (χ2n) is 9.49. The normalized spacial score (nSPS) is 20.9. The molecule has 0 unspecified atom stereocenters.